The first-order chi connectivity index (χ1) is 3.31. The van der Waals surface area contributed by atoms with E-state index in [2.05, 4.69) is 4.74 Å². The van der Waals surface area contributed by atoms with Crippen LogP contribution in [0, 0.1) is 0 Å². The standard InChI is InChI=1S/C4H8FO2/c1-7-4(5)2-3-6/h4H,2-3H2,1H3. The lowest BCUT2D eigenvalue weighted by atomic mass is 10.5. The molecule has 0 aliphatic carbocycles. The molecule has 1 radical (unpaired) electrons. The third-order valence-electron chi connectivity index (χ3n) is 0.601. The molecule has 1 atom stereocenters. The van der Waals surface area contributed by atoms with E-state index < -0.39 is 13.0 Å². The highest BCUT2D eigenvalue weighted by molar-refractivity contribution is 4.35. The largest absolute Gasteiger partial charge is 0.351 e. The van der Waals surface area contributed by atoms with Crippen LogP contribution in [0.4, 0.5) is 4.39 Å². The van der Waals surface area contributed by atoms with Crippen molar-refractivity contribution in [3.8, 4) is 0 Å². The van der Waals surface area contributed by atoms with Crippen molar-refractivity contribution in [2.45, 2.75) is 12.8 Å². The molecular weight excluding hydrogens is 99.0 g/mol. The van der Waals surface area contributed by atoms with Gasteiger partial charge < -0.3 is 4.74 Å². The average molecular weight is 107 g/mol. The van der Waals surface area contributed by atoms with Gasteiger partial charge in [0, 0.05) is 13.5 Å². The van der Waals surface area contributed by atoms with E-state index in [4.69, 9.17) is 0 Å². The zero-order valence-electron chi connectivity index (χ0n) is 4.19. The molecule has 0 amide bonds. The summed E-state index contributed by atoms with van der Waals surface area (Å²) in [7, 11) is 1.24. The van der Waals surface area contributed by atoms with Gasteiger partial charge in [0.15, 0.2) is 0 Å². The molecule has 0 rings (SSSR count). The molecule has 3 heteroatoms. The second-order valence-corrected chi connectivity index (χ2v) is 1.14. The van der Waals surface area contributed by atoms with Crippen LogP contribution >= 0.6 is 0 Å². The molecule has 0 spiro atoms. The second kappa shape index (κ2) is 4.02. The number of alkyl halides is 1. The summed E-state index contributed by atoms with van der Waals surface area (Å²) < 4.78 is 15.8. The van der Waals surface area contributed by atoms with Crippen LogP contribution in [0.1, 0.15) is 6.42 Å². The Morgan fingerprint density at radius 1 is 1.86 bits per heavy atom. The fourth-order valence-corrected chi connectivity index (χ4v) is 0.211. The molecule has 0 N–H and O–H groups in total. The van der Waals surface area contributed by atoms with Crippen molar-refractivity contribution >= 4 is 0 Å². The first-order valence-corrected chi connectivity index (χ1v) is 2.06. The number of hydrogen-bond donors (Lipinski definition) is 0. The summed E-state index contributed by atoms with van der Waals surface area (Å²) in [4.78, 5) is 0. The van der Waals surface area contributed by atoms with Crippen LogP contribution in [0.15, 0.2) is 0 Å². The van der Waals surface area contributed by atoms with Crippen LogP contribution in [0.25, 0.3) is 0 Å². The molecule has 0 aromatic rings. The average Bonchev–Trinajstić information content (AvgIpc) is 1.68. The molecule has 0 heterocycles. The van der Waals surface area contributed by atoms with Crippen molar-refractivity contribution in [1.82, 2.24) is 0 Å². The lowest BCUT2D eigenvalue weighted by Crippen LogP contribution is -2.03. The van der Waals surface area contributed by atoms with Crippen LogP contribution in [0.2, 0.25) is 0 Å². The van der Waals surface area contributed by atoms with E-state index in [1.54, 1.807) is 0 Å². The van der Waals surface area contributed by atoms with Gasteiger partial charge in [-0.1, -0.05) is 0 Å². The molecule has 0 saturated heterocycles. The van der Waals surface area contributed by atoms with E-state index in [1.165, 1.54) is 7.11 Å². The number of methoxy groups -OCH3 is 1. The van der Waals surface area contributed by atoms with Gasteiger partial charge in [0.05, 0.1) is 6.61 Å². The Morgan fingerprint density at radius 3 is 2.57 bits per heavy atom. The molecule has 0 saturated carbocycles. The molecule has 0 aromatic carbocycles. The predicted octanol–water partition coefficient (Wildman–Crippen LogP) is 0.749. The Balaban J connectivity index is 2.83. The smallest absolute Gasteiger partial charge is 0.200 e. The molecule has 0 bridgehead atoms. The third kappa shape index (κ3) is 3.69. The Hall–Kier alpha value is -0.150. The molecule has 0 aliphatic rings. The normalized spacial score (nSPS) is 14.1. The maximum Gasteiger partial charge on any atom is 0.200 e. The van der Waals surface area contributed by atoms with E-state index in [9.17, 15) is 9.50 Å². The van der Waals surface area contributed by atoms with Gasteiger partial charge in [-0.2, -0.15) is 0 Å². The monoisotopic (exact) mass is 107 g/mol. The maximum atomic E-state index is 11.7. The van der Waals surface area contributed by atoms with E-state index in [-0.39, 0.29) is 6.42 Å². The lowest BCUT2D eigenvalue weighted by Gasteiger charge is -1.98. The van der Waals surface area contributed by atoms with Gasteiger partial charge in [0.1, 0.15) is 0 Å². The van der Waals surface area contributed by atoms with Gasteiger partial charge in [0.25, 0.3) is 0 Å². The Labute approximate surface area is 41.9 Å². The number of halogens is 1. The van der Waals surface area contributed by atoms with Gasteiger partial charge in [-0.15, -0.1) is 0 Å². The van der Waals surface area contributed by atoms with Crippen LogP contribution in [-0.4, -0.2) is 20.1 Å². The van der Waals surface area contributed by atoms with Crippen LogP contribution in [-0.2, 0) is 9.84 Å². The number of hydrogen-bond acceptors (Lipinski definition) is 1. The summed E-state index contributed by atoms with van der Waals surface area (Å²) in [5.41, 5.74) is 0. The first kappa shape index (κ1) is 6.85. The zero-order valence-corrected chi connectivity index (χ0v) is 4.19. The Kier molecular flexibility index (Phi) is 3.93. The first-order valence-electron chi connectivity index (χ1n) is 2.06. The van der Waals surface area contributed by atoms with Crippen LogP contribution in [0.5, 0.6) is 0 Å². The van der Waals surface area contributed by atoms with Gasteiger partial charge in [-0.3, -0.25) is 0 Å². The fraction of sp³-hybridized carbons (Fsp3) is 1.00. The third-order valence-corrected chi connectivity index (χ3v) is 0.601. The minimum absolute atomic E-state index is 0.0451. The van der Waals surface area contributed by atoms with Crippen molar-refractivity contribution in [2.75, 3.05) is 13.7 Å². The van der Waals surface area contributed by atoms with Gasteiger partial charge in [0.2, 0.25) is 6.36 Å². The number of ether oxygens (including phenoxy) is 1. The van der Waals surface area contributed by atoms with E-state index in [0.29, 0.717) is 0 Å². The predicted molar refractivity (Wildman–Crippen MR) is 22.1 cm³/mol. The molecule has 7 heavy (non-hydrogen) atoms. The molecule has 0 fully saturated rings. The summed E-state index contributed by atoms with van der Waals surface area (Å²) in [6, 6.07) is 0. The van der Waals surface area contributed by atoms with E-state index in [0.717, 1.165) is 0 Å². The Bertz CT molecular complexity index is 40.7. The highest BCUT2D eigenvalue weighted by Gasteiger charge is 1.99. The van der Waals surface area contributed by atoms with Crippen molar-refractivity contribution in [3.63, 3.8) is 0 Å². The second-order valence-electron chi connectivity index (χ2n) is 1.14. The molecule has 43 valence electrons. The summed E-state index contributed by atoms with van der Waals surface area (Å²) in [6.07, 6.45) is -1.41. The van der Waals surface area contributed by atoms with Gasteiger partial charge >= 0.3 is 0 Å². The molecule has 0 aromatic heterocycles. The molecule has 2 nitrogen and oxygen atoms in total. The topological polar surface area (TPSA) is 29.1 Å². The van der Waals surface area contributed by atoms with E-state index >= 15 is 0 Å². The summed E-state index contributed by atoms with van der Waals surface area (Å²) in [5, 5.41) is 9.58. The van der Waals surface area contributed by atoms with Crippen molar-refractivity contribution in [1.29, 1.82) is 0 Å². The van der Waals surface area contributed by atoms with Crippen LogP contribution in [0.3, 0.4) is 0 Å². The maximum absolute atomic E-state index is 11.7. The molecule has 0 aliphatic heterocycles. The minimum atomic E-state index is -1.36. The minimum Gasteiger partial charge on any atom is -0.351 e. The lowest BCUT2D eigenvalue weighted by molar-refractivity contribution is -0.0273. The van der Waals surface area contributed by atoms with Gasteiger partial charge in [-0.05, 0) is 0 Å². The summed E-state index contributed by atoms with van der Waals surface area (Å²) in [5.74, 6) is 0. The highest BCUT2D eigenvalue weighted by Crippen LogP contribution is 1.94. The zero-order chi connectivity index (χ0) is 5.70. The van der Waals surface area contributed by atoms with E-state index in [1.807, 2.05) is 0 Å². The highest BCUT2D eigenvalue weighted by atomic mass is 19.1. The van der Waals surface area contributed by atoms with Crippen molar-refractivity contribution < 1.29 is 14.2 Å². The molecular formula is C4H8FO2. The summed E-state index contributed by atoms with van der Waals surface area (Å²) in [6.45, 7) is -0.408. The van der Waals surface area contributed by atoms with Crippen molar-refractivity contribution in [3.05, 3.63) is 0 Å². The van der Waals surface area contributed by atoms with Gasteiger partial charge in [-0.25, -0.2) is 9.50 Å². The number of rotatable bonds is 3. The fourth-order valence-electron chi connectivity index (χ4n) is 0.211. The quantitative estimate of drug-likeness (QED) is 0.523. The SMILES string of the molecule is COC(F)CC[O]. The van der Waals surface area contributed by atoms with Crippen LogP contribution < -0.4 is 0 Å². The van der Waals surface area contributed by atoms with Crippen molar-refractivity contribution in [2.24, 2.45) is 0 Å². The Morgan fingerprint density at radius 2 is 2.43 bits per heavy atom. The summed E-state index contributed by atoms with van der Waals surface area (Å²) >= 11 is 0. The molecule has 1 unspecified atom stereocenters.